The normalized spacial score (nSPS) is 14.0. The van der Waals surface area contributed by atoms with Crippen LogP contribution in [0.5, 0.6) is 0 Å². The Bertz CT molecular complexity index is 1170. The fraction of sp³-hybridized carbons (Fsp3) is 0.280. The Balaban J connectivity index is 1.95. The van der Waals surface area contributed by atoms with Gasteiger partial charge in [0.1, 0.15) is 11.5 Å². The monoisotopic (exact) mass is 450 g/mol. The van der Waals surface area contributed by atoms with E-state index in [-0.39, 0.29) is 11.6 Å². The summed E-state index contributed by atoms with van der Waals surface area (Å²) in [6.45, 7) is 5.57. The number of fused-ring (bicyclic) bond motifs is 1. The molecule has 1 nitrogen and oxygen atoms in total. The van der Waals surface area contributed by atoms with Crippen LogP contribution in [0.25, 0.3) is 22.8 Å². The molecule has 1 aromatic heterocycles. The molecule has 0 saturated heterocycles. The highest BCUT2D eigenvalue weighted by Crippen LogP contribution is 2.44. The Hall–Kier alpha value is -2.96. The highest BCUT2D eigenvalue weighted by molar-refractivity contribution is 5.94. The molecule has 1 aliphatic carbocycles. The summed E-state index contributed by atoms with van der Waals surface area (Å²) in [4.78, 5) is 0. The first-order valence-corrected chi connectivity index (χ1v) is 10.1. The highest BCUT2D eigenvalue weighted by Gasteiger charge is 2.37. The van der Waals surface area contributed by atoms with Crippen LogP contribution in [0.15, 0.2) is 40.8 Å². The molecule has 0 atom stereocenters. The summed E-state index contributed by atoms with van der Waals surface area (Å²) in [5.74, 6) is 1.42. The third kappa shape index (κ3) is 3.96. The molecule has 0 fully saturated rings. The second-order valence-corrected chi connectivity index (χ2v) is 8.02. The topological polar surface area (TPSA) is 13.1 Å². The predicted octanol–water partition coefficient (Wildman–Crippen LogP) is 8.26. The number of allylic oxidation sites excluding steroid dienone is 1. The number of alkyl halides is 6. The summed E-state index contributed by atoms with van der Waals surface area (Å²) in [7, 11) is 0. The van der Waals surface area contributed by atoms with Crippen LogP contribution < -0.4 is 0 Å². The average Bonchev–Trinajstić information content (AvgIpc) is 3.28. The first kappa shape index (κ1) is 22.2. The van der Waals surface area contributed by atoms with Crippen LogP contribution in [0, 0.1) is 13.8 Å². The zero-order chi connectivity index (χ0) is 23.4. The van der Waals surface area contributed by atoms with Crippen molar-refractivity contribution >= 4 is 11.6 Å². The van der Waals surface area contributed by atoms with E-state index < -0.39 is 23.5 Å². The number of furan rings is 1. The number of halogens is 6. The van der Waals surface area contributed by atoms with Gasteiger partial charge in [0.25, 0.3) is 0 Å². The van der Waals surface area contributed by atoms with Crippen molar-refractivity contribution in [2.45, 2.75) is 46.0 Å². The maximum Gasteiger partial charge on any atom is 0.416 e. The van der Waals surface area contributed by atoms with E-state index in [1.807, 2.05) is 39.0 Å². The van der Waals surface area contributed by atoms with Crippen molar-refractivity contribution in [1.82, 2.24) is 0 Å². The molecule has 0 saturated carbocycles. The first-order valence-electron chi connectivity index (χ1n) is 10.1. The van der Waals surface area contributed by atoms with E-state index in [0.29, 0.717) is 35.3 Å². The summed E-state index contributed by atoms with van der Waals surface area (Å²) in [6, 6.07) is 7.31. The van der Waals surface area contributed by atoms with Gasteiger partial charge in [-0.05, 0) is 89.6 Å². The molecule has 2 aromatic carbocycles. The molecule has 1 heterocycles. The van der Waals surface area contributed by atoms with Gasteiger partial charge in [-0.3, -0.25) is 0 Å². The summed E-state index contributed by atoms with van der Waals surface area (Å²) in [6.07, 6.45) is -7.03. The van der Waals surface area contributed by atoms with Gasteiger partial charge in [-0.2, -0.15) is 26.3 Å². The molecule has 0 aliphatic heterocycles. The van der Waals surface area contributed by atoms with Gasteiger partial charge >= 0.3 is 12.4 Å². The molecular formula is C25H20F6O. The lowest BCUT2D eigenvalue weighted by Gasteiger charge is -2.18. The summed E-state index contributed by atoms with van der Waals surface area (Å²) in [5, 5.41) is 0. The zero-order valence-corrected chi connectivity index (χ0v) is 17.6. The quantitative estimate of drug-likeness (QED) is 0.366. The van der Waals surface area contributed by atoms with Gasteiger partial charge in [-0.15, -0.1) is 0 Å². The second-order valence-electron chi connectivity index (χ2n) is 8.02. The number of benzene rings is 2. The van der Waals surface area contributed by atoms with Crippen molar-refractivity contribution in [3.8, 4) is 11.1 Å². The van der Waals surface area contributed by atoms with Gasteiger partial charge < -0.3 is 4.42 Å². The molecule has 0 amide bonds. The van der Waals surface area contributed by atoms with Crippen LogP contribution in [-0.4, -0.2) is 0 Å². The fourth-order valence-electron chi connectivity index (χ4n) is 4.08. The molecule has 3 aromatic rings. The van der Waals surface area contributed by atoms with E-state index in [9.17, 15) is 26.3 Å². The maximum absolute atomic E-state index is 13.4. The summed E-state index contributed by atoms with van der Waals surface area (Å²) in [5.41, 5.74) is 1.64. The van der Waals surface area contributed by atoms with Crippen LogP contribution in [0.4, 0.5) is 26.3 Å². The molecule has 0 spiro atoms. The van der Waals surface area contributed by atoms with Crippen LogP contribution in [0.3, 0.4) is 0 Å². The molecule has 32 heavy (non-hydrogen) atoms. The van der Waals surface area contributed by atoms with Crippen molar-refractivity contribution in [2.75, 3.05) is 0 Å². The second kappa shape index (κ2) is 7.57. The Morgan fingerprint density at radius 1 is 0.875 bits per heavy atom. The van der Waals surface area contributed by atoms with Crippen molar-refractivity contribution in [2.24, 2.45) is 0 Å². The van der Waals surface area contributed by atoms with Crippen LogP contribution in [0.1, 0.15) is 51.8 Å². The van der Waals surface area contributed by atoms with Gasteiger partial charge in [-0.25, -0.2) is 0 Å². The van der Waals surface area contributed by atoms with Crippen molar-refractivity contribution in [1.29, 1.82) is 0 Å². The predicted molar refractivity (Wildman–Crippen MR) is 111 cm³/mol. The van der Waals surface area contributed by atoms with Crippen molar-refractivity contribution < 1.29 is 30.8 Å². The molecule has 0 bridgehead atoms. The molecule has 0 N–H and O–H groups in total. The SMILES string of the molecule is CCc1ccc2c(c1-c1cc(C(F)(F)F)cc(C(F)(F)F)c1)C=C(c1cc(C)c(C)o1)C2. The van der Waals surface area contributed by atoms with E-state index in [4.69, 9.17) is 4.42 Å². The van der Waals surface area contributed by atoms with Crippen LogP contribution >= 0.6 is 0 Å². The highest BCUT2D eigenvalue weighted by atomic mass is 19.4. The molecule has 4 rings (SSSR count). The standard InChI is InChI=1S/C25H20F6O/c1-4-15-5-6-16-8-17(22-7-13(2)14(3)32-22)11-21(16)23(15)18-9-19(24(26,27)28)12-20(10-18)25(29,30)31/h5-7,9-12H,4,8H2,1-3H3. The van der Waals surface area contributed by atoms with E-state index in [1.54, 1.807) is 6.07 Å². The van der Waals surface area contributed by atoms with Gasteiger partial charge in [0.15, 0.2) is 0 Å². The lowest BCUT2D eigenvalue weighted by atomic mass is 9.89. The molecule has 1 aliphatic rings. The summed E-state index contributed by atoms with van der Waals surface area (Å²) < 4.78 is 86.4. The molecular weight excluding hydrogens is 430 g/mol. The Labute approximate surface area is 181 Å². The molecule has 0 radical (unpaired) electrons. The lowest BCUT2D eigenvalue weighted by molar-refractivity contribution is -0.143. The fourth-order valence-corrected chi connectivity index (χ4v) is 4.08. The van der Waals surface area contributed by atoms with Crippen molar-refractivity contribution in [3.63, 3.8) is 0 Å². The average molecular weight is 450 g/mol. The minimum Gasteiger partial charge on any atom is -0.461 e. The minimum absolute atomic E-state index is 0.0924. The Morgan fingerprint density at radius 2 is 1.50 bits per heavy atom. The van der Waals surface area contributed by atoms with Crippen LogP contribution in [-0.2, 0) is 25.2 Å². The lowest BCUT2D eigenvalue weighted by Crippen LogP contribution is -2.11. The van der Waals surface area contributed by atoms with Crippen LogP contribution in [0.2, 0.25) is 0 Å². The van der Waals surface area contributed by atoms with E-state index in [1.165, 1.54) is 0 Å². The minimum atomic E-state index is -4.90. The number of rotatable bonds is 3. The molecule has 7 heteroatoms. The smallest absolute Gasteiger partial charge is 0.416 e. The Morgan fingerprint density at radius 3 is 2.00 bits per heavy atom. The first-order chi connectivity index (χ1) is 14.9. The zero-order valence-electron chi connectivity index (χ0n) is 17.6. The van der Waals surface area contributed by atoms with Crippen molar-refractivity contribution in [3.05, 3.63) is 81.3 Å². The van der Waals surface area contributed by atoms with E-state index in [2.05, 4.69) is 0 Å². The van der Waals surface area contributed by atoms with Gasteiger partial charge in [0.2, 0.25) is 0 Å². The van der Waals surface area contributed by atoms with Gasteiger partial charge in [0, 0.05) is 6.42 Å². The number of hydrogen-bond acceptors (Lipinski definition) is 1. The van der Waals surface area contributed by atoms with Gasteiger partial charge in [-0.1, -0.05) is 19.1 Å². The number of hydrogen-bond donors (Lipinski definition) is 0. The summed E-state index contributed by atoms with van der Waals surface area (Å²) >= 11 is 0. The van der Waals surface area contributed by atoms with E-state index >= 15 is 0 Å². The molecule has 0 unspecified atom stereocenters. The third-order valence-corrected chi connectivity index (χ3v) is 5.86. The molecule has 168 valence electrons. The largest absolute Gasteiger partial charge is 0.461 e. The van der Waals surface area contributed by atoms with Gasteiger partial charge in [0.05, 0.1) is 11.1 Å². The van der Waals surface area contributed by atoms with E-state index in [0.717, 1.165) is 34.6 Å². The Kier molecular flexibility index (Phi) is 5.26. The maximum atomic E-state index is 13.4. The third-order valence-electron chi connectivity index (χ3n) is 5.86. The number of aryl methyl sites for hydroxylation is 3.